The minimum atomic E-state index is 0.156. The lowest BCUT2D eigenvalue weighted by atomic mass is 10.0. The molecule has 2 aromatic carbocycles. The van der Waals surface area contributed by atoms with Gasteiger partial charge in [0.25, 0.3) is 0 Å². The molecule has 0 bridgehead atoms. The zero-order valence-corrected chi connectivity index (χ0v) is 15.9. The van der Waals surface area contributed by atoms with Crippen molar-refractivity contribution in [3.05, 3.63) is 59.7 Å². The smallest absolute Gasteiger partial charge is 0.191 e. The van der Waals surface area contributed by atoms with Crippen molar-refractivity contribution in [2.45, 2.75) is 38.8 Å². The van der Waals surface area contributed by atoms with Crippen LogP contribution in [0.5, 0.6) is 0 Å². The van der Waals surface area contributed by atoms with Crippen molar-refractivity contribution in [2.75, 3.05) is 13.6 Å². The fourth-order valence-electron chi connectivity index (χ4n) is 3.79. The van der Waals surface area contributed by atoms with Crippen LogP contribution in [0.1, 0.15) is 36.1 Å². The molecule has 1 unspecified atom stereocenters. The third-order valence-corrected chi connectivity index (χ3v) is 5.08. The Morgan fingerprint density at radius 1 is 1.22 bits per heavy atom. The monoisotopic (exact) mass is 362 g/mol. The zero-order valence-electron chi connectivity index (χ0n) is 15.9. The summed E-state index contributed by atoms with van der Waals surface area (Å²) in [5, 5.41) is 14.0. The highest BCUT2D eigenvalue weighted by Crippen LogP contribution is 2.23. The topological polar surface area (TPSA) is 67.1 Å². The third kappa shape index (κ3) is 3.79. The molecule has 0 spiro atoms. The summed E-state index contributed by atoms with van der Waals surface area (Å²) in [6, 6.07) is 15.2. The minimum absolute atomic E-state index is 0.156. The van der Waals surface area contributed by atoms with Gasteiger partial charge in [-0.3, -0.25) is 4.99 Å². The van der Waals surface area contributed by atoms with Gasteiger partial charge in [0, 0.05) is 20.1 Å². The molecule has 2 heterocycles. The number of aliphatic imine (C=N–C) groups is 1. The molecule has 2 N–H and O–H groups in total. The molecule has 6 heteroatoms. The number of hydrogen-bond acceptors (Lipinski definition) is 3. The number of nitrogens with one attached hydrogen (secondary N) is 2. The molecule has 0 amide bonds. The maximum atomic E-state index is 4.59. The van der Waals surface area contributed by atoms with Crippen molar-refractivity contribution in [1.29, 1.82) is 0 Å². The molecule has 140 valence electrons. The van der Waals surface area contributed by atoms with Gasteiger partial charge in [0.15, 0.2) is 5.96 Å². The van der Waals surface area contributed by atoms with Crippen LogP contribution in [0.25, 0.3) is 10.8 Å². The van der Waals surface area contributed by atoms with Gasteiger partial charge in [0.05, 0.1) is 6.04 Å². The fraction of sp³-hybridized carbons (Fsp3) is 0.381. The Morgan fingerprint density at radius 2 is 2.07 bits per heavy atom. The summed E-state index contributed by atoms with van der Waals surface area (Å²) in [5.41, 5.74) is 1.35. The van der Waals surface area contributed by atoms with Crippen LogP contribution >= 0.6 is 0 Å². The van der Waals surface area contributed by atoms with Crippen LogP contribution in [0.15, 0.2) is 47.5 Å². The average Bonchev–Trinajstić information content (AvgIpc) is 3.08. The largest absolute Gasteiger partial charge is 0.356 e. The predicted octanol–water partition coefficient (Wildman–Crippen LogP) is 2.98. The Kier molecular flexibility index (Phi) is 5.05. The minimum Gasteiger partial charge on any atom is -0.356 e. The van der Waals surface area contributed by atoms with Crippen molar-refractivity contribution >= 4 is 16.7 Å². The molecule has 0 saturated carbocycles. The van der Waals surface area contributed by atoms with E-state index >= 15 is 0 Å². The van der Waals surface area contributed by atoms with Crippen LogP contribution < -0.4 is 10.6 Å². The van der Waals surface area contributed by atoms with E-state index in [-0.39, 0.29) is 6.04 Å². The Balaban J connectivity index is 1.39. The van der Waals surface area contributed by atoms with Crippen molar-refractivity contribution in [1.82, 2.24) is 25.4 Å². The van der Waals surface area contributed by atoms with E-state index in [1.54, 1.807) is 0 Å². The molecule has 0 aliphatic carbocycles. The molecule has 1 aliphatic rings. The van der Waals surface area contributed by atoms with Gasteiger partial charge in [-0.1, -0.05) is 42.5 Å². The molecule has 3 aromatic rings. The van der Waals surface area contributed by atoms with Crippen LogP contribution in [0.3, 0.4) is 0 Å². The Bertz CT molecular complexity index is 953. The first-order valence-electron chi connectivity index (χ1n) is 9.60. The lowest BCUT2D eigenvalue weighted by Crippen LogP contribution is -2.42. The van der Waals surface area contributed by atoms with Gasteiger partial charge in [-0.05, 0) is 42.5 Å². The molecule has 1 atom stereocenters. The van der Waals surface area contributed by atoms with E-state index in [0.29, 0.717) is 0 Å². The number of rotatable bonds is 4. The highest BCUT2D eigenvalue weighted by molar-refractivity contribution is 5.85. The summed E-state index contributed by atoms with van der Waals surface area (Å²) in [5.74, 6) is 2.66. The first-order chi connectivity index (χ1) is 13.2. The lowest BCUT2D eigenvalue weighted by Gasteiger charge is -2.25. The van der Waals surface area contributed by atoms with Gasteiger partial charge in [-0.25, -0.2) is 9.67 Å². The second-order valence-electron chi connectivity index (χ2n) is 6.97. The molecular formula is C21H26N6. The van der Waals surface area contributed by atoms with E-state index in [2.05, 4.69) is 68.2 Å². The normalized spacial score (nSPS) is 17.0. The number of aromatic nitrogens is 3. The molecule has 4 rings (SSSR count). The molecule has 1 aliphatic heterocycles. The Morgan fingerprint density at radius 3 is 2.96 bits per heavy atom. The molecular weight excluding hydrogens is 336 g/mol. The predicted molar refractivity (Wildman–Crippen MR) is 109 cm³/mol. The van der Waals surface area contributed by atoms with E-state index in [0.717, 1.165) is 50.0 Å². The Hall–Kier alpha value is -2.89. The van der Waals surface area contributed by atoms with Gasteiger partial charge in [0.1, 0.15) is 11.6 Å². The number of fused-ring (bicyclic) bond motifs is 2. The van der Waals surface area contributed by atoms with Gasteiger partial charge in [-0.15, -0.1) is 0 Å². The first-order valence-corrected chi connectivity index (χ1v) is 9.60. The van der Waals surface area contributed by atoms with E-state index in [4.69, 9.17) is 0 Å². The lowest BCUT2D eigenvalue weighted by molar-refractivity contribution is 0.398. The summed E-state index contributed by atoms with van der Waals surface area (Å²) >= 11 is 0. The summed E-state index contributed by atoms with van der Waals surface area (Å²) in [6.07, 6.45) is 3.09. The quantitative estimate of drug-likeness (QED) is 0.553. The van der Waals surface area contributed by atoms with Gasteiger partial charge in [-0.2, -0.15) is 5.10 Å². The number of benzene rings is 2. The van der Waals surface area contributed by atoms with Crippen molar-refractivity contribution in [2.24, 2.45) is 4.99 Å². The van der Waals surface area contributed by atoms with Gasteiger partial charge in [0.2, 0.25) is 0 Å². The van der Waals surface area contributed by atoms with E-state index in [1.165, 1.54) is 16.3 Å². The molecule has 0 saturated heterocycles. The third-order valence-electron chi connectivity index (χ3n) is 5.08. The van der Waals surface area contributed by atoms with Crippen LogP contribution in [0, 0.1) is 6.92 Å². The highest BCUT2D eigenvalue weighted by Gasteiger charge is 2.24. The standard InChI is InChI=1S/C21H26N6/c1-15-24-20-19(11-6-14-27(20)26-15)25-21(22-2)23-13-12-17-9-5-8-16-7-3-4-10-18(16)17/h3-5,7-10,19H,6,11-14H2,1-2H3,(H2,22,23,25). The zero-order chi connectivity index (χ0) is 18.6. The van der Waals surface area contributed by atoms with Crippen molar-refractivity contribution in [3.63, 3.8) is 0 Å². The Labute approximate surface area is 159 Å². The van der Waals surface area contributed by atoms with E-state index < -0.39 is 0 Å². The number of nitrogens with zero attached hydrogens (tertiary/aromatic N) is 4. The second kappa shape index (κ2) is 7.78. The second-order valence-corrected chi connectivity index (χ2v) is 6.97. The molecule has 0 radical (unpaired) electrons. The molecule has 1 aromatic heterocycles. The summed E-state index contributed by atoms with van der Waals surface area (Å²) < 4.78 is 2.01. The summed E-state index contributed by atoms with van der Waals surface area (Å²) in [6.45, 7) is 3.72. The summed E-state index contributed by atoms with van der Waals surface area (Å²) in [7, 11) is 1.81. The maximum absolute atomic E-state index is 4.59. The molecule has 6 nitrogen and oxygen atoms in total. The fourth-order valence-corrected chi connectivity index (χ4v) is 3.79. The number of guanidine groups is 1. The molecule has 27 heavy (non-hydrogen) atoms. The van der Waals surface area contributed by atoms with Crippen LogP contribution in [0.2, 0.25) is 0 Å². The van der Waals surface area contributed by atoms with Crippen LogP contribution in [0.4, 0.5) is 0 Å². The average molecular weight is 362 g/mol. The van der Waals surface area contributed by atoms with Crippen LogP contribution in [-0.4, -0.2) is 34.3 Å². The van der Waals surface area contributed by atoms with Gasteiger partial charge >= 0.3 is 0 Å². The van der Waals surface area contributed by atoms with Crippen molar-refractivity contribution in [3.8, 4) is 0 Å². The molecule has 0 fully saturated rings. The maximum Gasteiger partial charge on any atom is 0.191 e. The number of hydrogen-bond donors (Lipinski definition) is 2. The number of aryl methyl sites for hydroxylation is 2. The first kappa shape index (κ1) is 17.5. The van der Waals surface area contributed by atoms with E-state index in [1.807, 2.05) is 18.7 Å². The van der Waals surface area contributed by atoms with Crippen molar-refractivity contribution < 1.29 is 0 Å². The SMILES string of the molecule is CN=C(NCCc1cccc2ccccc12)NC1CCCn2nc(C)nc21. The summed E-state index contributed by atoms with van der Waals surface area (Å²) in [4.78, 5) is 8.98. The van der Waals surface area contributed by atoms with Gasteiger partial charge < -0.3 is 10.6 Å². The van der Waals surface area contributed by atoms with Crippen LogP contribution in [-0.2, 0) is 13.0 Å². The van der Waals surface area contributed by atoms with E-state index in [9.17, 15) is 0 Å². The highest BCUT2D eigenvalue weighted by atomic mass is 15.4.